The highest BCUT2D eigenvalue weighted by Crippen LogP contribution is 2.65. The van der Waals surface area contributed by atoms with Gasteiger partial charge in [0.05, 0.1) is 17.6 Å². The highest BCUT2D eigenvalue weighted by Gasteiger charge is 2.48. The molecule has 0 saturated carbocycles. The van der Waals surface area contributed by atoms with Crippen molar-refractivity contribution < 1.29 is 4.57 Å². The van der Waals surface area contributed by atoms with E-state index in [-0.39, 0.29) is 10.3 Å². The molecule has 0 saturated heterocycles. The van der Waals surface area contributed by atoms with Crippen molar-refractivity contribution in [3.05, 3.63) is 53.2 Å². The topological polar surface area (TPSA) is 42.3 Å². The Morgan fingerprint density at radius 2 is 1.30 bits per heavy atom. The largest absolute Gasteiger partial charge is 0.316 e. The molecule has 0 aliphatic heterocycles. The average molecular weight is 427 g/mol. The zero-order valence-electron chi connectivity index (χ0n) is 20.4. The quantitative estimate of drug-likeness (QED) is 0.364. The molecule has 2 aromatic rings. The fourth-order valence-electron chi connectivity index (χ4n) is 4.17. The molecular formula is C26H39N2OP. The van der Waals surface area contributed by atoms with Gasteiger partial charge in [0.2, 0.25) is 0 Å². The summed E-state index contributed by atoms with van der Waals surface area (Å²) in [6.45, 7) is 21.1. The number of aromatic nitrogens is 1. The highest BCUT2D eigenvalue weighted by molar-refractivity contribution is 7.74. The van der Waals surface area contributed by atoms with E-state index in [1.165, 1.54) is 11.1 Å². The second-order valence-electron chi connectivity index (χ2n) is 10.7. The number of pyridine rings is 1. The van der Waals surface area contributed by atoms with Crippen molar-refractivity contribution in [2.75, 3.05) is 0 Å². The van der Waals surface area contributed by atoms with Crippen LogP contribution in [0.25, 0.3) is 0 Å². The van der Waals surface area contributed by atoms with E-state index in [1.807, 2.05) is 24.4 Å². The van der Waals surface area contributed by atoms with Gasteiger partial charge in [0.25, 0.3) is 0 Å². The van der Waals surface area contributed by atoms with Crippen LogP contribution in [0.4, 0.5) is 5.69 Å². The SMILES string of the molecule is CC(C)c1cccc(C(C)C)c1N=Cc1cccc(P(=O)(C(C)(C)C)C(C)(C)C)n1. The van der Waals surface area contributed by atoms with Crippen LogP contribution in [-0.2, 0) is 4.57 Å². The summed E-state index contributed by atoms with van der Waals surface area (Å²) in [7, 11) is -2.79. The van der Waals surface area contributed by atoms with E-state index < -0.39 is 7.14 Å². The van der Waals surface area contributed by atoms with Gasteiger partial charge in [0.15, 0.2) is 0 Å². The van der Waals surface area contributed by atoms with E-state index in [1.54, 1.807) is 0 Å². The van der Waals surface area contributed by atoms with Crippen LogP contribution in [0.5, 0.6) is 0 Å². The fraction of sp³-hybridized carbons (Fsp3) is 0.538. The lowest BCUT2D eigenvalue weighted by Gasteiger charge is -2.40. The number of benzene rings is 1. The molecule has 0 amide bonds. The first-order chi connectivity index (χ1) is 13.7. The maximum Gasteiger partial charge on any atom is 0.143 e. The number of hydrogen-bond acceptors (Lipinski definition) is 3. The van der Waals surface area contributed by atoms with Crippen molar-refractivity contribution >= 4 is 24.5 Å². The van der Waals surface area contributed by atoms with E-state index in [0.717, 1.165) is 11.4 Å². The van der Waals surface area contributed by atoms with E-state index in [0.29, 0.717) is 17.3 Å². The van der Waals surface area contributed by atoms with Gasteiger partial charge >= 0.3 is 0 Å². The first-order valence-corrected chi connectivity index (χ1v) is 12.7. The van der Waals surface area contributed by atoms with E-state index >= 15 is 0 Å². The summed E-state index contributed by atoms with van der Waals surface area (Å²) in [5.74, 6) is 0.772. The molecule has 164 valence electrons. The molecule has 0 bridgehead atoms. The third kappa shape index (κ3) is 4.78. The smallest absolute Gasteiger partial charge is 0.143 e. The molecular weight excluding hydrogens is 387 g/mol. The molecule has 0 N–H and O–H groups in total. The Balaban J connectivity index is 2.59. The Bertz CT molecular complexity index is 915. The average Bonchev–Trinajstić information content (AvgIpc) is 2.63. The van der Waals surface area contributed by atoms with Crippen molar-refractivity contribution in [1.29, 1.82) is 0 Å². The van der Waals surface area contributed by atoms with Gasteiger partial charge in [0.1, 0.15) is 12.6 Å². The predicted molar refractivity (Wildman–Crippen MR) is 133 cm³/mol. The minimum absolute atomic E-state index is 0.372. The second kappa shape index (κ2) is 8.79. The summed E-state index contributed by atoms with van der Waals surface area (Å²) >= 11 is 0. The molecule has 0 aliphatic rings. The number of para-hydroxylation sites is 1. The Labute approximate surface area is 183 Å². The van der Waals surface area contributed by atoms with Crippen LogP contribution in [0, 0.1) is 0 Å². The highest BCUT2D eigenvalue weighted by atomic mass is 31.2. The summed E-state index contributed by atoms with van der Waals surface area (Å²) in [6, 6.07) is 12.2. The van der Waals surface area contributed by atoms with Crippen LogP contribution in [0.1, 0.15) is 97.9 Å². The third-order valence-corrected chi connectivity index (χ3v) is 10.3. The monoisotopic (exact) mass is 426 g/mol. The zero-order chi connectivity index (χ0) is 22.9. The first kappa shape index (κ1) is 24.5. The molecule has 0 radical (unpaired) electrons. The molecule has 30 heavy (non-hydrogen) atoms. The predicted octanol–water partition coefficient (Wildman–Crippen LogP) is 7.66. The van der Waals surface area contributed by atoms with Gasteiger partial charge in [0, 0.05) is 10.3 Å². The summed E-state index contributed by atoms with van der Waals surface area (Å²) in [5, 5.41) is -0.744. The van der Waals surface area contributed by atoms with Crippen LogP contribution >= 0.6 is 7.14 Å². The van der Waals surface area contributed by atoms with Crippen molar-refractivity contribution in [1.82, 2.24) is 4.98 Å². The molecule has 1 heterocycles. The van der Waals surface area contributed by atoms with Crippen molar-refractivity contribution in [3.63, 3.8) is 0 Å². The fourth-order valence-corrected chi connectivity index (χ4v) is 8.11. The van der Waals surface area contributed by atoms with Gasteiger partial charge in [-0.3, -0.25) is 4.99 Å². The minimum atomic E-state index is -2.79. The molecule has 0 fully saturated rings. The lowest BCUT2D eigenvalue weighted by molar-refractivity contribution is 0.526. The maximum absolute atomic E-state index is 14.3. The standard InChI is InChI=1S/C26H39N2OP/c1-18(2)21-14-12-15-22(19(3)4)24(21)27-17-20-13-11-16-23(28-20)30(29,25(5,6)7)26(8,9)10/h11-19H,1-10H3. The molecule has 3 nitrogen and oxygen atoms in total. The normalized spacial score (nSPS) is 13.6. The van der Waals surface area contributed by atoms with Crippen molar-refractivity contribution in [2.24, 2.45) is 4.99 Å². The molecule has 0 unspecified atom stereocenters. The summed E-state index contributed by atoms with van der Waals surface area (Å²) in [4.78, 5) is 9.72. The number of hydrogen-bond donors (Lipinski definition) is 0. The maximum atomic E-state index is 14.3. The van der Waals surface area contributed by atoms with Gasteiger partial charge < -0.3 is 4.57 Å². The van der Waals surface area contributed by atoms with Crippen molar-refractivity contribution in [3.8, 4) is 0 Å². The third-order valence-electron chi connectivity index (χ3n) is 5.64. The Kier molecular flexibility index (Phi) is 7.19. The molecule has 1 aromatic carbocycles. The van der Waals surface area contributed by atoms with E-state index in [9.17, 15) is 4.57 Å². The number of nitrogens with zero attached hydrogens (tertiary/aromatic N) is 2. The van der Waals surface area contributed by atoms with Gasteiger partial charge in [-0.15, -0.1) is 0 Å². The second-order valence-corrected chi connectivity index (χ2v) is 15.1. The van der Waals surface area contributed by atoms with Crippen LogP contribution in [0.2, 0.25) is 0 Å². The molecule has 1 aromatic heterocycles. The van der Waals surface area contributed by atoms with E-state index in [4.69, 9.17) is 9.98 Å². The lowest BCUT2D eigenvalue weighted by Crippen LogP contribution is -2.36. The van der Waals surface area contributed by atoms with Gasteiger partial charge in [-0.1, -0.05) is 93.5 Å². The van der Waals surface area contributed by atoms with Gasteiger partial charge in [-0.05, 0) is 35.1 Å². The molecule has 2 rings (SSSR count). The summed E-state index contributed by atoms with van der Waals surface area (Å²) in [6.07, 6.45) is 1.83. The Hall–Kier alpha value is -1.73. The molecule has 4 heteroatoms. The first-order valence-electron chi connectivity index (χ1n) is 10.9. The lowest BCUT2D eigenvalue weighted by atomic mass is 9.93. The molecule has 0 spiro atoms. The Morgan fingerprint density at radius 3 is 1.73 bits per heavy atom. The summed E-state index contributed by atoms with van der Waals surface area (Å²) in [5.41, 5.74) is 4.94. The van der Waals surface area contributed by atoms with Crippen molar-refractivity contribution in [2.45, 2.75) is 91.4 Å². The van der Waals surface area contributed by atoms with Crippen LogP contribution in [0.15, 0.2) is 41.4 Å². The van der Waals surface area contributed by atoms with Gasteiger partial charge in [-0.25, -0.2) is 4.98 Å². The summed E-state index contributed by atoms with van der Waals surface area (Å²) < 4.78 is 14.3. The Morgan fingerprint density at radius 1 is 0.833 bits per heavy atom. The number of rotatable bonds is 5. The van der Waals surface area contributed by atoms with Crippen LogP contribution < -0.4 is 5.44 Å². The van der Waals surface area contributed by atoms with E-state index in [2.05, 4.69) is 87.4 Å². The van der Waals surface area contributed by atoms with Crippen LogP contribution in [0.3, 0.4) is 0 Å². The molecule has 0 aliphatic carbocycles. The van der Waals surface area contributed by atoms with Gasteiger partial charge in [-0.2, -0.15) is 0 Å². The van der Waals surface area contributed by atoms with Crippen LogP contribution in [-0.4, -0.2) is 21.5 Å². The minimum Gasteiger partial charge on any atom is -0.316 e. The zero-order valence-corrected chi connectivity index (χ0v) is 21.3. The number of aliphatic imine (C=N–C) groups is 1. The molecule has 0 atom stereocenters.